The van der Waals surface area contributed by atoms with E-state index in [9.17, 15) is 0 Å². The third-order valence-electron chi connectivity index (χ3n) is 3.62. The zero-order valence-electron chi connectivity index (χ0n) is 13.6. The van der Waals surface area contributed by atoms with E-state index in [-0.39, 0.29) is 0 Å². The minimum Gasteiger partial charge on any atom is -0.367 e. The smallest absolute Gasteiger partial charge is 0.0451 e. The van der Waals surface area contributed by atoms with Crippen LogP contribution in [0.25, 0.3) is 5.57 Å². The molecule has 0 saturated heterocycles. The van der Waals surface area contributed by atoms with Gasteiger partial charge in [0.05, 0.1) is 0 Å². The molecule has 2 nitrogen and oxygen atoms in total. The highest BCUT2D eigenvalue weighted by Crippen LogP contribution is 2.30. The Morgan fingerprint density at radius 3 is 2.83 bits per heavy atom. The summed E-state index contributed by atoms with van der Waals surface area (Å²) in [6.45, 7) is 12.2. The highest BCUT2D eigenvalue weighted by molar-refractivity contribution is 5.85. The summed E-state index contributed by atoms with van der Waals surface area (Å²) in [5.41, 5.74) is 6.50. The quantitative estimate of drug-likeness (QED) is 0.659. The van der Waals surface area contributed by atoms with Crippen molar-refractivity contribution in [2.24, 2.45) is 0 Å². The van der Waals surface area contributed by atoms with E-state index in [4.69, 9.17) is 6.42 Å². The van der Waals surface area contributed by atoms with Gasteiger partial charge in [-0.1, -0.05) is 37.3 Å². The molecule has 1 aromatic heterocycles. The molecule has 0 spiro atoms. The Bertz CT molecular complexity index is 809. The molecule has 0 aromatic carbocycles. The van der Waals surface area contributed by atoms with Gasteiger partial charge < -0.3 is 5.32 Å². The zero-order chi connectivity index (χ0) is 16.8. The van der Waals surface area contributed by atoms with Crippen molar-refractivity contribution in [2.45, 2.75) is 13.8 Å². The summed E-state index contributed by atoms with van der Waals surface area (Å²) in [7, 11) is 0. The summed E-state index contributed by atoms with van der Waals surface area (Å²) < 4.78 is 0. The van der Waals surface area contributed by atoms with E-state index in [0.29, 0.717) is 0 Å². The van der Waals surface area contributed by atoms with E-state index in [1.807, 2.05) is 56.6 Å². The zero-order valence-corrected chi connectivity index (χ0v) is 13.6. The second-order valence-corrected chi connectivity index (χ2v) is 5.19. The van der Waals surface area contributed by atoms with Gasteiger partial charge in [0.2, 0.25) is 0 Å². The van der Waals surface area contributed by atoms with Crippen LogP contribution in [0, 0.1) is 19.3 Å². The second-order valence-electron chi connectivity index (χ2n) is 5.19. The lowest BCUT2D eigenvalue weighted by Crippen LogP contribution is -2.02. The van der Waals surface area contributed by atoms with Crippen LogP contribution in [-0.2, 0) is 0 Å². The Balaban J connectivity index is 2.44. The predicted octanol–water partition coefficient (Wildman–Crippen LogP) is 4.44. The lowest BCUT2D eigenvalue weighted by Gasteiger charge is -2.15. The Labute approximate surface area is 138 Å². The molecule has 2 heteroatoms. The van der Waals surface area contributed by atoms with Crippen molar-refractivity contribution in [1.29, 1.82) is 0 Å². The van der Waals surface area contributed by atoms with Crippen LogP contribution in [0.1, 0.15) is 23.7 Å². The summed E-state index contributed by atoms with van der Waals surface area (Å²) in [6, 6.07) is 1.97. The molecule has 114 valence electrons. The average molecular weight is 300 g/mol. The van der Waals surface area contributed by atoms with Gasteiger partial charge in [0.25, 0.3) is 0 Å². The summed E-state index contributed by atoms with van der Waals surface area (Å²) in [5.74, 6) is 2.64. The fourth-order valence-electron chi connectivity index (χ4n) is 2.31. The fourth-order valence-corrected chi connectivity index (χ4v) is 2.31. The highest BCUT2D eigenvalue weighted by Gasteiger charge is 2.12. The van der Waals surface area contributed by atoms with Crippen LogP contribution in [-0.4, -0.2) is 4.98 Å². The van der Waals surface area contributed by atoms with E-state index < -0.39 is 0 Å². The first kappa shape index (κ1) is 16.3. The number of nitrogens with one attached hydrogen (secondary N) is 1. The molecule has 0 bridgehead atoms. The molecule has 1 N–H and O–H groups in total. The Morgan fingerprint density at radius 1 is 1.35 bits per heavy atom. The minimum absolute atomic E-state index is 0.759. The van der Waals surface area contributed by atoms with Crippen LogP contribution in [0.3, 0.4) is 0 Å². The first-order valence-electron chi connectivity index (χ1n) is 7.36. The number of rotatable bonds is 3. The van der Waals surface area contributed by atoms with Gasteiger partial charge in [-0.2, -0.15) is 0 Å². The third kappa shape index (κ3) is 3.78. The van der Waals surface area contributed by atoms with Gasteiger partial charge in [0.15, 0.2) is 0 Å². The molecule has 0 fully saturated rings. The van der Waals surface area contributed by atoms with E-state index in [2.05, 4.69) is 29.4 Å². The number of aromatic nitrogens is 1. The molecule has 2 heterocycles. The Hall–Kier alpha value is -3.05. The molecule has 0 aliphatic carbocycles. The van der Waals surface area contributed by atoms with Crippen molar-refractivity contribution < 1.29 is 0 Å². The predicted molar refractivity (Wildman–Crippen MR) is 98.3 cm³/mol. The number of hydrogen-bond acceptors (Lipinski definition) is 2. The Kier molecular flexibility index (Phi) is 5.17. The highest BCUT2D eigenvalue weighted by atomic mass is 14.8. The number of nitrogens with zero attached hydrogens (tertiary/aromatic N) is 1. The topological polar surface area (TPSA) is 24.9 Å². The molecule has 0 unspecified atom stereocenters. The third-order valence-corrected chi connectivity index (χ3v) is 3.62. The Morgan fingerprint density at radius 2 is 2.13 bits per heavy atom. The van der Waals surface area contributed by atoms with Crippen LogP contribution >= 0.6 is 0 Å². The molecular weight excluding hydrogens is 280 g/mol. The van der Waals surface area contributed by atoms with Crippen LogP contribution in [0.5, 0.6) is 0 Å². The number of terminal acetylenes is 1. The minimum atomic E-state index is 0.759. The molecule has 0 atom stereocenters. The molecule has 1 aromatic rings. The van der Waals surface area contributed by atoms with Crippen LogP contribution in [0.15, 0.2) is 78.8 Å². The van der Waals surface area contributed by atoms with Gasteiger partial charge in [-0.3, -0.25) is 4.98 Å². The molecule has 0 saturated carbocycles. The van der Waals surface area contributed by atoms with Crippen molar-refractivity contribution in [3.05, 3.63) is 95.7 Å². The molecule has 23 heavy (non-hydrogen) atoms. The average Bonchev–Trinajstić information content (AvgIpc) is 2.53. The van der Waals surface area contributed by atoms with Gasteiger partial charge in [0.1, 0.15) is 0 Å². The first-order chi connectivity index (χ1) is 11.1. The normalized spacial score (nSPS) is 19.4. The number of hydrogen-bond donors (Lipinski definition) is 1. The number of aryl methyl sites for hydroxylation is 1. The molecule has 1 aliphatic rings. The summed E-state index contributed by atoms with van der Waals surface area (Å²) in [5, 5.41) is 3.13. The van der Waals surface area contributed by atoms with Gasteiger partial charge in [-0.25, -0.2) is 0 Å². The van der Waals surface area contributed by atoms with E-state index in [0.717, 1.165) is 39.1 Å². The maximum Gasteiger partial charge on any atom is 0.0451 e. The van der Waals surface area contributed by atoms with Crippen molar-refractivity contribution in [3.63, 3.8) is 0 Å². The maximum absolute atomic E-state index is 5.50. The summed E-state index contributed by atoms with van der Waals surface area (Å²) >= 11 is 0. The molecule has 2 rings (SSSR count). The largest absolute Gasteiger partial charge is 0.367 e. The van der Waals surface area contributed by atoms with Crippen molar-refractivity contribution in [2.75, 3.05) is 0 Å². The van der Waals surface area contributed by atoms with Crippen LogP contribution < -0.4 is 5.32 Å². The molecule has 1 aliphatic heterocycles. The molecule has 0 amide bonds. The lowest BCUT2D eigenvalue weighted by molar-refractivity contribution is 1.16. The van der Waals surface area contributed by atoms with Crippen molar-refractivity contribution in [3.8, 4) is 12.3 Å². The lowest BCUT2D eigenvalue weighted by atomic mass is 9.91. The van der Waals surface area contributed by atoms with E-state index >= 15 is 0 Å². The van der Waals surface area contributed by atoms with Gasteiger partial charge >= 0.3 is 0 Å². The van der Waals surface area contributed by atoms with Crippen LogP contribution in [0.4, 0.5) is 0 Å². The van der Waals surface area contributed by atoms with Gasteiger partial charge in [-0.05, 0) is 48.3 Å². The number of pyridine rings is 1. The van der Waals surface area contributed by atoms with Crippen LogP contribution in [0.2, 0.25) is 0 Å². The summed E-state index contributed by atoms with van der Waals surface area (Å²) in [4.78, 5) is 4.39. The molecule has 0 radical (unpaired) electrons. The number of allylic oxidation sites excluding steroid dienone is 8. The van der Waals surface area contributed by atoms with Crippen molar-refractivity contribution >= 4 is 5.57 Å². The molecular formula is C21H20N2. The van der Waals surface area contributed by atoms with Gasteiger partial charge in [0, 0.05) is 35.4 Å². The summed E-state index contributed by atoms with van der Waals surface area (Å²) in [6.07, 6.45) is 18.9. The van der Waals surface area contributed by atoms with Crippen molar-refractivity contribution in [1.82, 2.24) is 10.3 Å². The van der Waals surface area contributed by atoms with E-state index in [1.165, 1.54) is 0 Å². The first-order valence-corrected chi connectivity index (χ1v) is 7.36. The van der Waals surface area contributed by atoms with E-state index in [1.54, 1.807) is 6.20 Å². The van der Waals surface area contributed by atoms with Gasteiger partial charge in [-0.15, -0.1) is 6.42 Å². The SMILES string of the molecule is C#Cc1cnc(C)c(/C(=C\C)C(=C)C2=C/N/C=C\C(=C)/C=C\2)c1. The standard InChI is InChI=1S/C21H20N2/c1-6-18-12-21(17(5)23-13-18)20(7-2)16(4)19-9-8-15(3)10-11-22-14-19/h1,7-14,22H,3-4H2,2,5H3/b9-8-,11-10-,19-14+,20-7-. The maximum atomic E-state index is 5.50. The second kappa shape index (κ2) is 7.29. The monoisotopic (exact) mass is 300 g/mol. The fraction of sp³-hybridized carbons (Fsp3) is 0.0952.